The van der Waals surface area contributed by atoms with Gasteiger partial charge in [0.1, 0.15) is 0 Å². The first kappa shape index (κ1) is 20.9. The van der Waals surface area contributed by atoms with Crippen LogP contribution in [0.25, 0.3) is 11.5 Å². The van der Waals surface area contributed by atoms with Crippen LogP contribution < -0.4 is 5.32 Å². The second-order valence-electron chi connectivity index (χ2n) is 6.31. The molecule has 0 aliphatic rings. The van der Waals surface area contributed by atoms with Crippen molar-refractivity contribution in [1.29, 1.82) is 0 Å². The summed E-state index contributed by atoms with van der Waals surface area (Å²) in [5.41, 5.74) is 0.791. The summed E-state index contributed by atoms with van der Waals surface area (Å²) in [6.07, 6.45) is 2.03. The lowest BCUT2D eigenvalue weighted by atomic mass is 9.93. The van der Waals surface area contributed by atoms with Gasteiger partial charge in [0.15, 0.2) is 0 Å². The largest absolute Gasteiger partial charge is 0.411 e. The van der Waals surface area contributed by atoms with Crippen molar-refractivity contribution in [2.75, 3.05) is 5.75 Å². The fraction of sp³-hybridized carbons (Fsp3) is 0.350. The van der Waals surface area contributed by atoms with Crippen molar-refractivity contribution < 1.29 is 9.21 Å². The van der Waals surface area contributed by atoms with Crippen molar-refractivity contribution in [3.05, 3.63) is 51.7 Å². The lowest BCUT2D eigenvalue weighted by molar-refractivity contribution is -0.119. The first-order valence-corrected chi connectivity index (χ1v) is 11.4. The molecular weight excluding hydrogens is 414 g/mol. The number of aromatic nitrogens is 2. The third kappa shape index (κ3) is 5.37. The first-order chi connectivity index (χ1) is 13.6. The lowest BCUT2D eigenvalue weighted by Crippen LogP contribution is -2.33. The minimum atomic E-state index is -0.0402. The maximum absolute atomic E-state index is 12.5. The van der Waals surface area contributed by atoms with Gasteiger partial charge in [0.2, 0.25) is 11.8 Å². The molecule has 0 spiro atoms. The Morgan fingerprint density at radius 3 is 2.61 bits per heavy atom. The predicted molar refractivity (Wildman–Crippen MR) is 115 cm³/mol. The monoisotopic (exact) mass is 435 g/mol. The molecule has 148 valence electrons. The maximum Gasteiger partial charge on any atom is 0.277 e. The van der Waals surface area contributed by atoms with Crippen LogP contribution >= 0.6 is 34.7 Å². The van der Waals surface area contributed by atoms with E-state index in [0.29, 0.717) is 22.1 Å². The third-order valence-corrected chi connectivity index (χ3v) is 6.54. The van der Waals surface area contributed by atoms with Crippen LogP contribution in [0, 0.1) is 5.92 Å². The molecule has 3 aromatic rings. The zero-order valence-electron chi connectivity index (χ0n) is 15.7. The highest BCUT2D eigenvalue weighted by Gasteiger charge is 2.23. The summed E-state index contributed by atoms with van der Waals surface area (Å²) in [6.45, 7) is 4.32. The zero-order valence-corrected chi connectivity index (χ0v) is 18.1. The molecule has 2 heterocycles. The van der Waals surface area contributed by atoms with E-state index in [1.807, 2.05) is 23.6 Å². The van der Waals surface area contributed by atoms with Gasteiger partial charge in [-0.1, -0.05) is 56.1 Å². The van der Waals surface area contributed by atoms with E-state index < -0.39 is 0 Å². The molecule has 5 nitrogen and oxygen atoms in total. The number of halogens is 1. The summed E-state index contributed by atoms with van der Waals surface area (Å²) in [6, 6.07) is 11.3. The molecule has 2 aromatic heterocycles. The van der Waals surface area contributed by atoms with Crippen LogP contribution in [0.3, 0.4) is 0 Å². The molecule has 1 unspecified atom stereocenters. The quantitative estimate of drug-likeness (QED) is 0.428. The minimum absolute atomic E-state index is 0.0374. The van der Waals surface area contributed by atoms with Crippen molar-refractivity contribution in [2.45, 2.75) is 38.0 Å². The van der Waals surface area contributed by atoms with Crippen molar-refractivity contribution in [3.63, 3.8) is 0 Å². The van der Waals surface area contributed by atoms with E-state index in [-0.39, 0.29) is 17.7 Å². The molecule has 1 N–H and O–H groups in total. The molecule has 0 aliphatic heterocycles. The highest BCUT2D eigenvalue weighted by Crippen LogP contribution is 2.31. The molecule has 28 heavy (non-hydrogen) atoms. The Labute approximate surface area is 177 Å². The number of nitrogens with one attached hydrogen (secondary N) is 1. The van der Waals surface area contributed by atoms with E-state index in [1.165, 1.54) is 16.6 Å². The number of nitrogens with zero attached hydrogens (tertiary/aromatic N) is 2. The summed E-state index contributed by atoms with van der Waals surface area (Å²) in [4.78, 5) is 13.7. The van der Waals surface area contributed by atoms with Gasteiger partial charge in [-0.25, -0.2) is 0 Å². The molecule has 3 rings (SSSR count). The first-order valence-electron chi connectivity index (χ1n) is 9.15. The number of rotatable bonds is 9. The van der Waals surface area contributed by atoms with Gasteiger partial charge in [0.25, 0.3) is 5.22 Å². The fourth-order valence-electron chi connectivity index (χ4n) is 2.97. The van der Waals surface area contributed by atoms with Crippen LogP contribution in [0.4, 0.5) is 0 Å². The smallest absolute Gasteiger partial charge is 0.277 e. The third-order valence-electron chi connectivity index (χ3n) is 4.51. The summed E-state index contributed by atoms with van der Waals surface area (Å²) < 4.78 is 5.65. The second-order valence-corrected chi connectivity index (χ2v) is 8.65. The average Bonchev–Trinajstić information content (AvgIpc) is 3.39. The average molecular weight is 436 g/mol. The number of amides is 1. The number of benzene rings is 1. The number of carbonyl (C=O) groups is 1. The summed E-state index contributed by atoms with van der Waals surface area (Å²) in [7, 11) is 0. The Balaban J connectivity index is 1.59. The van der Waals surface area contributed by atoms with Crippen molar-refractivity contribution >= 4 is 40.6 Å². The van der Waals surface area contributed by atoms with E-state index >= 15 is 0 Å². The number of thiophene rings is 1. The lowest BCUT2D eigenvalue weighted by Gasteiger charge is -2.25. The van der Waals surface area contributed by atoms with Crippen molar-refractivity contribution in [2.24, 2.45) is 5.92 Å². The Morgan fingerprint density at radius 1 is 1.21 bits per heavy atom. The molecule has 0 saturated carbocycles. The van der Waals surface area contributed by atoms with Crippen LogP contribution in [0.15, 0.2) is 51.4 Å². The molecule has 0 aliphatic carbocycles. The van der Waals surface area contributed by atoms with Gasteiger partial charge >= 0.3 is 0 Å². The van der Waals surface area contributed by atoms with Crippen LogP contribution in [-0.4, -0.2) is 21.9 Å². The molecular formula is C20H22ClN3O2S2. The van der Waals surface area contributed by atoms with Gasteiger partial charge < -0.3 is 9.73 Å². The molecule has 8 heteroatoms. The van der Waals surface area contributed by atoms with Gasteiger partial charge in [-0.15, -0.1) is 21.5 Å². The Hall–Kier alpha value is -1.83. The Bertz CT molecular complexity index is 877. The molecule has 0 saturated heterocycles. The van der Waals surface area contributed by atoms with Gasteiger partial charge in [0, 0.05) is 15.5 Å². The molecule has 0 radical (unpaired) electrons. The van der Waals surface area contributed by atoms with Gasteiger partial charge in [-0.2, -0.15) is 0 Å². The zero-order chi connectivity index (χ0) is 19.9. The number of carbonyl (C=O) groups excluding carboxylic acids is 1. The highest BCUT2D eigenvalue weighted by molar-refractivity contribution is 7.99. The Kier molecular flexibility index (Phi) is 7.53. The molecule has 1 amide bonds. The summed E-state index contributed by atoms with van der Waals surface area (Å²) in [5, 5.41) is 14.3. The minimum Gasteiger partial charge on any atom is -0.411 e. The van der Waals surface area contributed by atoms with Gasteiger partial charge in [-0.3, -0.25) is 4.79 Å². The van der Waals surface area contributed by atoms with Crippen molar-refractivity contribution in [3.8, 4) is 11.5 Å². The van der Waals surface area contributed by atoms with Crippen LogP contribution in [0.5, 0.6) is 0 Å². The van der Waals surface area contributed by atoms with Crippen LogP contribution in [0.1, 0.15) is 37.6 Å². The SMILES string of the molecule is CCC(CC)C(NC(=O)CSc1nnc(-c2ccc(Cl)cc2)o1)c1cccs1. The topological polar surface area (TPSA) is 68.0 Å². The van der Waals surface area contributed by atoms with Crippen molar-refractivity contribution in [1.82, 2.24) is 15.5 Å². The molecule has 0 fully saturated rings. The summed E-state index contributed by atoms with van der Waals surface area (Å²) >= 11 is 8.81. The predicted octanol–water partition coefficient (Wildman–Crippen LogP) is 5.84. The van der Waals surface area contributed by atoms with E-state index in [1.54, 1.807) is 23.5 Å². The van der Waals surface area contributed by atoms with Crippen LogP contribution in [-0.2, 0) is 4.79 Å². The number of thioether (sulfide) groups is 1. The highest BCUT2D eigenvalue weighted by atomic mass is 35.5. The molecule has 0 bridgehead atoms. The van der Waals surface area contributed by atoms with Gasteiger partial charge in [-0.05, 0) is 41.6 Å². The van der Waals surface area contributed by atoms with Gasteiger partial charge in [0.05, 0.1) is 11.8 Å². The maximum atomic E-state index is 12.5. The Morgan fingerprint density at radius 2 is 1.96 bits per heavy atom. The fourth-order valence-corrected chi connectivity index (χ4v) is 4.54. The molecule has 1 aromatic carbocycles. The van der Waals surface area contributed by atoms with E-state index in [4.69, 9.17) is 16.0 Å². The van der Waals surface area contributed by atoms with E-state index in [9.17, 15) is 4.79 Å². The number of hydrogen-bond acceptors (Lipinski definition) is 6. The second kappa shape index (κ2) is 10.1. The number of hydrogen-bond donors (Lipinski definition) is 1. The molecule has 1 atom stereocenters. The van der Waals surface area contributed by atoms with E-state index in [0.717, 1.165) is 18.4 Å². The van der Waals surface area contributed by atoms with E-state index in [2.05, 4.69) is 35.4 Å². The summed E-state index contributed by atoms with van der Waals surface area (Å²) in [5.74, 6) is 1.01. The normalized spacial score (nSPS) is 12.3. The van der Waals surface area contributed by atoms with Crippen LogP contribution in [0.2, 0.25) is 5.02 Å². The standard InChI is InChI=1S/C20H22ClN3O2S2/c1-3-13(4-2)18(16-6-5-11-27-16)22-17(25)12-28-20-24-23-19(26-20)14-7-9-15(21)10-8-14/h5-11,13,18H,3-4,12H2,1-2H3,(H,22,25).